The fourth-order valence-electron chi connectivity index (χ4n) is 5.91. The fourth-order valence-corrected chi connectivity index (χ4v) is 5.91. The predicted octanol–water partition coefficient (Wildman–Crippen LogP) is 3.53. The zero-order valence-corrected chi connectivity index (χ0v) is 14.5. The summed E-state index contributed by atoms with van der Waals surface area (Å²) in [5.41, 5.74) is 2.93. The molecular formula is C21H26O3. The summed E-state index contributed by atoms with van der Waals surface area (Å²) in [6.07, 6.45) is 16.0. The van der Waals surface area contributed by atoms with E-state index in [9.17, 15) is 5.11 Å². The van der Waals surface area contributed by atoms with Gasteiger partial charge < -0.3 is 14.6 Å². The molecule has 0 aromatic rings. The summed E-state index contributed by atoms with van der Waals surface area (Å²) in [4.78, 5) is 0. The Morgan fingerprint density at radius 3 is 2.67 bits per heavy atom. The highest BCUT2D eigenvalue weighted by molar-refractivity contribution is 5.45. The van der Waals surface area contributed by atoms with Crippen LogP contribution in [-0.2, 0) is 9.47 Å². The zero-order chi connectivity index (χ0) is 16.6. The lowest BCUT2D eigenvalue weighted by Gasteiger charge is -2.54. The minimum absolute atomic E-state index is 0.00850. The van der Waals surface area contributed by atoms with Crippen molar-refractivity contribution in [3.63, 3.8) is 0 Å². The third-order valence-electron chi connectivity index (χ3n) is 7.41. The van der Waals surface area contributed by atoms with E-state index >= 15 is 0 Å². The summed E-state index contributed by atoms with van der Waals surface area (Å²) >= 11 is 0. The summed E-state index contributed by atoms with van der Waals surface area (Å²) in [5.74, 6) is 0.372. The van der Waals surface area contributed by atoms with Crippen molar-refractivity contribution in [2.24, 2.45) is 22.7 Å². The van der Waals surface area contributed by atoms with Gasteiger partial charge in [-0.05, 0) is 31.3 Å². The largest absolute Gasteiger partial charge is 0.389 e. The minimum Gasteiger partial charge on any atom is -0.389 e. The van der Waals surface area contributed by atoms with Crippen molar-refractivity contribution in [2.45, 2.75) is 45.0 Å². The van der Waals surface area contributed by atoms with Crippen molar-refractivity contribution < 1.29 is 14.6 Å². The van der Waals surface area contributed by atoms with Crippen LogP contribution < -0.4 is 0 Å². The van der Waals surface area contributed by atoms with Crippen LogP contribution in [-0.4, -0.2) is 30.2 Å². The van der Waals surface area contributed by atoms with Gasteiger partial charge in [-0.15, -0.1) is 0 Å². The van der Waals surface area contributed by atoms with E-state index < -0.39 is 5.79 Å². The van der Waals surface area contributed by atoms with Crippen LogP contribution in [0.3, 0.4) is 0 Å². The predicted molar refractivity (Wildman–Crippen MR) is 92.1 cm³/mol. The topological polar surface area (TPSA) is 38.7 Å². The molecule has 1 saturated carbocycles. The van der Waals surface area contributed by atoms with Crippen LogP contribution in [0, 0.1) is 22.7 Å². The number of hydrogen-bond donors (Lipinski definition) is 1. The maximum Gasteiger partial charge on any atom is 0.194 e. The molecule has 128 valence electrons. The number of aliphatic hydroxyl groups is 1. The molecule has 3 heteroatoms. The summed E-state index contributed by atoms with van der Waals surface area (Å²) in [6, 6.07) is 0. The summed E-state index contributed by atoms with van der Waals surface area (Å²) in [5, 5.41) is 10.00. The Morgan fingerprint density at radius 1 is 1.08 bits per heavy atom. The molecule has 2 fully saturated rings. The van der Waals surface area contributed by atoms with Crippen molar-refractivity contribution in [1.82, 2.24) is 0 Å². The van der Waals surface area contributed by atoms with Gasteiger partial charge in [0, 0.05) is 16.7 Å². The number of allylic oxidation sites excluding steroid dienone is 5. The second-order valence-corrected chi connectivity index (χ2v) is 8.48. The molecule has 0 bridgehead atoms. The van der Waals surface area contributed by atoms with Gasteiger partial charge in [-0.25, -0.2) is 0 Å². The first-order valence-corrected chi connectivity index (χ1v) is 9.24. The Hall–Kier alpha value is -1.16. The van der Waals surface area contributed by atoms with Crippen molar-refractivity contribution in [3.8, 4) is 0 Å². The van der Waals surface area contributed by atoms with Crippen LogP contribution in [0.5, 0.6) is 0 Å². The molecular weight excluding hydrogens is 300 g/mol. The van der Waals surface area contributed by atoms with Crippen molar-refractivity contribution in [3.05, 3.63) is 47.6 Å². The van der Waals surface area contributed by atoms with Gasteiger partial charge in [0.25, 0.3) is 0 Å². The molecule has 1 heterocycles. The Labute approximate surface area is 143 Å². The summed E-state index contributed by atoms with van der Waals surface area (Å²) in [7, 11) is 0. The van der Waals surface area contributed by atoms with E-state index in [1.165, 1.54) is 11.1 Å². The maximum atomic E-state index is 10.00. The Morgan fingerprint density at radius 2 is 1.88 bits per heavy atom. The van der Waals surface area contributed by atoms with Crippen LogP contribution in [0.2, 0.25) is 0 Å². The van der Waals surface area contributed by atoms with E-state index in [2.05, 4.69) is 44.2 Å². The molecule has 1 saturated heterocycles. The Balaban J connectivity index is 1.57. The number of ether oxygens (including phenoxy) is 2. The molecule has 2 unspecified atom stereocenters. The molecule has 1 spiro atoms. The summed E-state index contributed by atoms with van der Waals surface area (Å²) in [6.45, 7) is 6.07. The van der Waals surface area contributed by atoms with Crippen LogP contribution in [0.25, 0.3) is 0 Å². The second-order valence-electron chi connectivity index (χ2n) is 8.48. The van der Waals surface area contributed by atoms with Gasteiger partial charge in [-0.1, -0.05) is 55.4 Å². The molecule has 3 nitrogen and oxygen atoms in total. The molecule has 5 atom stereocenters. The molecule has 1 N–H and O–H groups in total. The molecule has 5 rings (SSSR count). The van der Waals surface area contributed by atoms with E-state index in [-0.39, 0.29) is 16.9 Å². The quantitative estimate of drug-likeness (QED) is 0.692. The van der Waals surface area contributed by atoms with Gasteiger partial charge in [0.05, 0.1) is 19.3 Å². The van der Waals surface area contributed by atoms with Crippen LogP contribution in [0.15, 0.2) is 47.6 Å². The van der Waals surface area contributed by atoms with Crippen LogP contribution in [0.1, 0.15) is 33.1 Å². The lowest BCUT2D eigenvalue weighted by atomic mass is 9.52. The zero-order valence-electron chi connectivity index (χ0n) is 14.5. The smallest absolute Gasteiger partial charge is 0.194 e. The van der Waals surface area contributed by atoms with Gasteiger partial charge in [0.15, 0.2) is 5.79 Å². The minimum atomic E-state index is -0.521. The first kappa shape index (κ1) is 15.1. The molecule has 24 heavy (non-hydrogen) atoms. The molecule has 1 aliphatic heterocycles. The molecule has 0 aromatic heterocycles. The molecule has 5 aliphatic rings. The van der Waals surface area contributed by atoms with E-state index in [1.54, 1.807) is 0 Å². The van der Waals surface area contributed by atoms with Crippen molar-refractivity contribution in [2.75, 3.05) is 13.2 Å². The third kappa shape index (κ3) is 1.68. The van der Waals surface area contributed by atoms with E-state index in [1.807, 2.05) is 6.08 Å². The first-order chi connectivity index (χ1) is 11.5. The fraction of sp³-hybridized carbons (Fsp3) is 0.619. The van der Waals surface area contributed by atoms with Crippen molar-refractivity contribution in [1.29, 1.82) is 0 Å². The second kappa shape index (κ2) is 4.72. The number of rotatable bonds is 0. The van der Waals surface area contributed by atoms with Gasteiger partial charge in [-0.2, -0.15) is 0 Å². The normalized spacial score (nSPS) is 47.9. The van der Waals surface area contributed by atoms with E-state index in [0.29, 0.717) is 25.0 Å². The number of hydrogen-bond acceptors (Lipinski definition) is 3. The van der Waals surface area contributed by atoms with Gasteiger partial charge >= 0.3 is 0 Å². The van der Waals surface area contributed by atoms with Gasteiger partial charge in [-0.3, -0.25) is 0 Å². The number of aliphatic hydroxyl groups excluding tert-OH is 1. The highest BCUT2D eigenvalue weighted by Crippen LogP contribution is 2.64. The van der Waals surface area contributed by atoms with Crippen LogP contribution >= 0.6 is 0 Å². The average Bonchev–Trinajstić information content (AvgIpc) is 3.15. The van der Waals surface area contributed by atoms with Gasteiger partial charge in [0.2, 0.25) is 0 Å². The highest BCUT2D eigenvalue weighted by atomic mass is 16.7. The highest BCUT2D eigenvalue weighted by Gasteiger charge is 2.62. The van der Waals surface area contributed by atoms with Crippen LogP contribution in [0.4, 0.5) is 0 Å². The SMILES string of the molecule is C[C@]12C=C[C@H](O)CC1=CC=C1C2CC[C@@]2(C)C1C=CC21OCCO1. The van der Waals surface area contributed by atoms with E-state index in [4.69, 9.17) is 9.47 Å². The molecule has 4 aliphatic carbocycles. The van der Waals surface area contributed by atoms with Gasteiger partial charge in [0.1, 0.15) is 0 Å². The molecule has 0 radical (unpaired) electrons. The first-order valence-electron chi connectivity index (χ1n) is 9.24. The summed E-state index contributed by atoms with van der Waals surface area (Å²) < 4.78 is 12.2. The number of fused-ring (bicyclic) bond motifs is 6. The Kier molecular flexibility index (Phi) is 2.97. The average molecular weight is 326 g/mol. The maximum absolute atomic E-state index is 10.00. The standard InChI is InChI=1S/C21H26O3/c1-19-8-5-15(22)13-14(19)3-4-16-17(19)6-9-20(2)18(16)7-10-21(20)23-11-12-24-21/h3-5,7-8,10,15,17-18,22H,6,9,11-13H2,1-2H3/t15-,17?,18?,19-,20-/m0/s1. The Bertz CT molecular complexity index is 694. The molecule has 0 amide bonds. The third-order valence-corrected chi connectivity index (χ3v) is 7.41. The monoisotopic (exact) mass is 326 g/mol. The lowest BCUT2D eigenvalue weighted by molar-refractivity contribution is -0.205. The molecule has 0 aromatic carbocycles. The van der Waals surface area contributed by atoms with E-state index in [0.717, 1.165) is 19.3 Å². The van der Waals surface area contributed by atoms with Crippen molar-refractivity contribution >= 4 is 0 Å². The lowest BCUT2D eigenvalue weighted by Crippen LogP contribution is -2.52.